The minimum absolute atomic E-state index is 0.216. The maximum Gasteiger partial charge on any atom is 0.293 e. The molecule has 1 aliphatic heterocycles. The standard InChI is InChI=1S/C21H17BrClNO4S/c1-3-8-28-19-16(23)9-14(10-17(19)27-2)11-18-20(25)24(21(26)29-18)12-13-4-6-15(22)7-5-13/h3-7,9-11H,1,8,12H2,2H3/b18-11-. The third-order valence-corrected chi connectivity index (χ3v) is 5.74. The first-order valence-corrected chi connectivity index (χ1v) is 10.5. The van der Waals surface area contributed by atoms with Crippen LogP contribution in [0.5, 0.6) is 11.5 Å². The first-order valence-electron chi connectivity index (χ1n) is 8.54. The maximum atomic E-state index is 12.7. The van der Waals surface area contributed by atoms with E-state index in [0.29, 0.717) is 27.0 Å². The molecule has 3 rings (SSSR count). The van der Waals surface area contributed by atoms with E-state index >= 15 is 0 Å². The van der Waals surface area contributed by atoms with E-state index in [1.54, 1.807) is 24.3 Å². The summed E-state index contributed by atoms with van der Waals surface area (Å²) in [6.07, 6.45) is 3.23. The lowest BCUT2D eigenvalue weighted by atomic mass is 10.1. The molecule has 1 saturated heterocycles. The summed E-state index contributed by atoms with van der Waals surface area (Å²) in [5, 5.41) is 0.0275. The van der Waals surface area contributed by atoms with Gasteiger partial charge in [0, 0.05) is 4.47 Å². The Balaban J connectivity index is 1.84. The molecule has 8 heteroatoms. The van der Waals surface area contributed by atoms with E-state index in [1.165, 1.54) is 12.0 Å². The molecule has 1 fully saturated rings. The number of thioether (sulfide) groups is 1. The lowest BCUT2D eigenvalue weighted by molar-refractivity contribution is -0.123. The number of imide groups is 1. The fourth-order valence-corrected chi connectivity index (χ4v) is 4.04. The Hall–Kier alpha value is -2.22. The molecule has 0 unspecified atom stereocenters. The molecule has 0 N–H and O–H groups in total. The van der Waals surface area contributed by atoms with Crippen molar-refractivity contribution in [3.8, 4) is 11.5 Å². The molecule has 1 aliphatic rings. The zero-order chi connectivity index (χ0) is 21.0. The number of carbonyl (C=O) groups excluding carboxylic acids is 2. The molecule has 150 valence electrons. The Morgan fingerprint density at radius 2 is 1.97 bits per heavy atom. The first kappa shape index (κ1) is 21.5. The number of halogens is 2. The highest BCUT2D eigenvalue weighted by molar-refractivity contribution is 9.10. The fraction of sp³-hybridized carbons (Fsp3) is 0.143. The Morgan fingerprint density at radius 1 is 1.24 bits per heavy atom. The average Bonchev–Trinajstić information content (AvgIpc) is 2.95. The largest absolute Gasteiger partial charge is 0.493 e. The summed E-state index contributed by atoms with van der Waals surface area (Å²) >= 11 is 10.6. The number of carbonyl (C=O) groups is 2. The molecule has 29 heavy (non-hydrogen) atoms. The minimum Gasteiger partial charge on any atom is -0.493 e. The quantitative estimate of drug-likeness (QED) is 0.354. The molecule has 0 aromatic heterocycles. The number of hydrogen-bond acceptors (Lipinski definition) is 5. The molecule has 0 atom stereocenters. The van der Waals surface area contributed by atoms with Crippen LogP contribution in [0, 0.1) is 0 Å². The van der Waals surface area contributed by atoms with Crippen LogP contribution in [0.25, 0.3) is 6.08 Å². The van der Waals surface area contributed by atoms with Crippen molar-refractivity contribution in [1.82, 2.24) is 4.90 Å². The summed E-state index contributed by atoms with van der Waals surface area (Å²) < 4.78 is 11.8. The van der Waals surface area contributed by atoms with Crippen LogP contribution < -0.4 is 9.47 Å². The van der Waals surface area contributed by atoms with Crippen molar-refractivity contribution < 1.29 is 19.1 Å². The van der Waals surface area contributed by atoms with Gasteiger partial charge in [-0.2, -0.15) is 0 Å². The number of ether oxygens (including phenoxy) is 2. The molecular weight excluding hydrogens is 478 g/mol. The highest BCUT2D eigenvalue weighted by atomic mass is 79.9. The van der Waals surface area contributed by atoms with Crippen LogP contribution in [0.15, 0.2) is 58.4 Å². The van der Waals surface area contributed by atoms with E-state index < -0.39 is 0 Å². The van der Waals surface area contributed by atoms with Gasteiger partial charge in [-0.25, -0.2) is 0 Å². The lowest BCUT2D eigenvalue weighted by Gasteiger charge is -2.13. The molecule has 2 amide bonds. The molecule has 2 aromatic carbocycles. The van der Waals surface area contributed by atoms with Gasteiger partial charge in [-0.1, -0.05) is 52.3 Å². The van der Waals surface area contributed by atoms with Crippen molar-refractivity contribution in [2.45, 2.75) is 6.54 Å². The van der Waals surface area contributed by atoms with Crippen LogP contribution in [-0.4, -0.2) is 29.8 Å². The van der Waals surface area contributed by atoms with Crippen LogP contribution in [0.3, 0.4) is 0 Å². The van der Waals surface area contributed by atoms with Crippen molar-refractivity contribution in [3.63, 3.8) is 0 Å². The van der Waals surface area contributed by atoms with Gasteiger partial charge in [0.15, 0.2) is 11.5 Å². The Morgan fingerprint density at radius 3 is 2.62 bits per heavy atom. The Labute approximate surface area is 186 Å². The van der Waals surface area contributed by atoms with E-state index in [1.807, 2.05) is 24.3 Å². The predicted molar refractivity (Wildman–Crippen MR) is 119 cm³/mol. The Bertz CT molecular complexity index is 991. The van der Waals surface area contributed by atoms with E-state index in [-0.39, 0.29) is 24.3 Å². The summed E-state index contributed by atoms with van der Waals surface area (Å²) in [5.41, 5.74) is 1.50. The van der Waals surface area contributed by atoms with E-state index in [9.17, 15) is 9.59 Å². The second-order valence-electron chi connectivity index (χ2n) is 6.03. The van der Waals surface area contributed by atoms with Gasteiger partial charge in [0.2, 0.25) is 0 Å². The molecule has 5 nitrogen and oxygen atoms in total. The van der Waals surface area contributed by atoms with Crippen LogP contribution in [0.4, 0.5) is 4.79 Å². The minimum atomic E-state index is -0.343. The number of amides is 2. The summed E-state index contributed by atoms with van der Waals surface area (Å²) in [4.78, 5) is 26.6. The number of hydrogen-bond donors (Lipinski definition) is 0. The predicted octanol–water partition coefficient (Wildman–Crippen LogP) is 5.91. The summed E-state index contributed by atoms with van der Waals surface area (Å²) in [7, 11) is 1.50. The molecular formula is C21H17BrClNO4S. The van der Waals surface area contributed by atoms with Crippen LogP contribution in [-0.2, 0) is 11.3 Å². The van der Waals surface area contributed by atoms with Crippen LogP contribution in [0.2, 0.25) is 5.02 Å². The van der Waals surface area contributed by atoms with Gasteiger partial charge < -0.3 is 9.47 Å². The van der Waals surface area contributed by atoms with Crippen molar-refractivity contribution in [3.05, 3.63) is 74.6 Å². The van der Waals surface area contributed by atoms with E-state index in [4.69, 9.17) is 21.1 Å². The van der Waals surface area contributed by atoms with Crippen molar-refractivity contribution in [2.75, 3.05) is 13.7 Å². The number of nitrogens with zero attached hydrogens (tertiary/aromatic N) is 1. The van der Waals surface area contributed by atoms with E-state index in [2.05, 4.69) is 22.5 Å². The van der Waals surface area contributed by atoms with Crippen LogP contribution in [0.1, 0.15) is 11.1 Å². The van der Waals surface area contributed by atoms with E-state index in [0.717, 1.165) is 21.8 Å². The number of methoxy groups -OCH3 is 1. The molecule has 0 bridgehead atoms. The van der Waals surface area contributed by atoms with Gasteiger partial charge in [0.25, 0.3) is 11.1 Å². The smallest absolute Gasteiger partial charge is 0.293 e. The highest BCUT2D eigenvalue weighted by Crippen LogP contribution is 2.39. The molecule has 0 aliphatic carbocycles. The lowest BCUT2D eigenvalue weighted by Crippen LogP contribution is -2.27. The van der Waals surface area contributed by atoms with Gasteiger partial charge in [0.1, 0.15) is 6.61 Å². The molecule has 0 radical (unpaired) electrons. The molecule has 0 spiro atoms. The summed E-state index contributed by atoms with van der Waals surface area (Å²) in [6.45, 7) is 4.10. The summed E-state index contributed by atoms with van der Waals surface area (Å²) in [5.74, 6) is 0.485. The normalized spacial score (nSPS) is 15.1. The zero-order valence-electron chi connectivity index (χ0n) is 15.5. The van der Waals surface area contributed by atoms with Crippen molar-refractivity contribution in [2.24, 2.45) is 0 Å². The summed E-state index contributed by atoms with van der Waals surface area (Å²) in [6, 6.07) is 10.8. The number of benzene rings is 2. The van der Waals surface area contributed by atoms with Gasteiger partial charge in [-0.15, -0.1) is 0 Å². The van der Waals surface area contributed by atoms with Crippen molar-refractivity contribution in [1.29, 1.82) is 0 Å². The van der Waals surface area contributed by atoms with Gasteiger partial charge >= 0.3 is 0 Å². The first-order chi connectivity index (χ1) is 13.9. The average molecular weight is 495 g/mol. The maximum absolute atomic E-state index is 12.7. The molecule has 2 aromatic rings. The fourth-order valence-electron chi connectivity index (χ4n) is 2.67. The van der Waals surface area contributed by atoms with Gasteiger partial charge in [0.05, 0.1) is 23.6 Å². The third kappa shape index (κ3) is 5.04. The molecule has 1 heterocycles. The zero-order valence-corrected chi connectivity index (χ0v) is 18.6. The highest BCUT2D eigenvalue weighted by Gasteiger charge is 2.35. The van der Waals surface area contributed by atoms with Crippen molar-refractivity contribution >= 4 is 56.5 Å². The third-order valence-electron chi connectivity index (χ3n) is 4.02. The van der Waals surface area contributed by atoms with Crippen LogP contribution >= 0.6 is 39.3 Å². The topological polar surface area (TPSA) is 55.8 Å². The molecule has 0 saturated carbocycles. The second-order valence-corrected chi connectivity index (χ2v) is 8.34. The Kier molecular flexibility index (Phi) is 7.05. The SMILES string of the molecule is C=CCOc1c(Cl)cc(/C=C2\SC(=O)N(Cc3ccc(Br)cc3)C2=O)cc1OC. The monoisotopic (exact) mass is 493 g/mol. The number of rotatable bonds is 7. The van der Waals surface area contributed by atoms with Gasteiger partial charge in [-0.05, 0) is 53.2 Å². The van der Waals surface area contributed by atoms with Gasteiger partial charge in [-0.3, -0.25) is 14.5 Å². The second kappa shape index (κ2) is 9.52.